The van der Waals surface area contributed by atoms with E-state index in [0.717, 1.165) is 5.56 Å². The SMILES string of the molecule is COc1cc(C(=O)N2C(C(=O)NC(C)C(C)C)CSC2c2ccccc2)cc(OC)c1OC. The zero-order chi connectivity index (χ0) is 24.1. The fraction of sp³-hybridized carbons (Fsp3) is 0.440. The molecule has 8 heteroatoms. The van der Waals surface area contributed by atoms with E-state index in [4.69, 9.17) is 14.2 Å². The van der Waals surface area contributed by atoms with E-state index in [1.165, 1.54) is 21.3 Å². The number of amides is 2. The molecule has 1 aliphatic rings. The van der Waals surface area contributed by atoms with Crippen molar-refractivity contribution in [3.63, 3.8) is 0 Å². The van der Waals surface area contributed by atoms with E-state index in [1.54, 1.807) is 28.8 Å². The van der Waals surface area contributed by atoms with E-state index in [0.29, 0.717) is 28.6 Å². The van der Waals surface area contributed by atoms with Gasteiger partial charge in [0.25, 0.3) is 5.91 Å². The van der Waals surface area contributed by atoms with Gasteiger partial charge in [-0.25, -0.2) is 0 Å². The highest BCUT2D eigenvalue weighted by Crippen LogP contribution is 2.44. The van der Waals surface area contributed by atoms with Crippen molar-refractivity contribution in [2.75, 3.05) is 27.1 Å². The van der Waals surface area contributed by atoms with Crippen LogP contribution in [0.15, 0.2) is 42.5 Å². The molecule has 0 aromatic heterocycles. The van der Waals surface area contributed by atoms with Gasteiger partial charge in [-0.2, -0.15) is 0 Å². The molecule has 7 nitrogen and oxygen atoms in total. The molecule has 1 saturated heterocycles. The van der Waals surface area contributed by atoms with E-state index in [1.807, 2.05) is 37.3 Å². The van der Waals surface area contributed by atoms with Crippen LogP contribution in [-0.4, -0.2) is 55.9 Å². The monoisotopic (exact) mass is 472 g/mol. The minimum absolute atomic E-state index is 0.00333. The summed E-state index contributed by atoms with van der Waals surface area (Å²) in [6.45, 7) is 6.09. The fourth-order valence-corrected chi connectivity index (χ4v) is 5.10. The van der Waals surface area contributed by atoms with Crippen LogP contribution >= 0.6 is 11.8 Å². The van der Waals surface area contributed by atoms with Crippen molar-refractivity contribution in [2.45, 2.75) is 38.2 Å². The predicted molar refractivity (Wildman–Crippen MR) is 130 cm³/mol. The summed E-state index contributed by atoms with van der Waals surface area (Å²) in [6, 6.07) is 12.4. The smallest absolute Gasteiger partial charge is 0.256 e. The van der Waals surface area contributed by atoms with Crippen molar-refractivity contribution >= 4 is 23.6 Å². The first-order valence-electron chi connectivity index (χ1n) is 10.9. The third-order valence-electron chi connectivity index (χ3n) is 5.90. The molecule has 3 unspecified atom stereocenters. The van der Waals surface area contributed by atoms with Crippen molar-refractivity contribution in [1.82, 2.24) is 10.2 Å². The van der Waals surface area contributed by atoms with Crippen LogP contribution in [0.25, 0.3) is 0 Å². The molecule has 1 fully saturated rings. The summed E-state index contributed by atoms with van der Waals surface area (Å²) < 4.78 is 16.3. The number of nitrogens with zero attached hydrogens (tertiary/aromatic N) is 1. The molecule has 3 atom stereocenters. The van der Waals surface area contributed by atoms with Gasteiger partial charge in [-0.15, -0.1) is 11.8 Å². The predicted octanol–water partition coefficient (Wildman–Crippen LogP) is 4.13. The molecular formula is C25H32N2O5S. The van der Waals surface area contributed by atoms with Crippen LogP contribution in [0.3, 0.4) is 0 Å². The third kappa shape index (κ3) is 5.21. The van der Waals surface area contributed by atoms with Gasteiger partial charge in [0.2, 0.25) is 11.7 Å². The van der Waals surface area contributed by atoms with Gasteiger partial charge in [0.05, 0.1) is 21.3 Å². The molecule has 178 valence electrons. The molecule has 3 rings (SSSR count). The summed E-state index contributed by atoms with van der Waals surface area (Å²) in [6.07, 6.45) is 0. The summed E-state index contributed by atoms with van der Waals surface area (Å²) in [5, 5.41) is 2.79. The van der Waals surface area contributed by atoms with Crippen LogP contribution in [0, 0.1) is 5.92 Å². The van der Waals surface area contributed by atoms with Crippen molar-refractivity contribution in [2.24, 2.45) is 5.92 Å². The maximum atomic E-state index is 13.9. The van der Waals surface area contributed by atoms with Gasteiger partial charge >= 0.3 is 0 Å². The standard InChI is InChI=1S/C25H32N2O5S/c1-15(2)16(3)26-23(28)19-14-33-25(17-10-8-7-9-11-17)27(19)24(29)18-12-20(30-4)22(32-6)21(13-18)31-5/h7-13,15-16,19,25H,14H2,1-6H3,(H,26,28). The number of benzene rings is 2. The molecule has 2 aromatic rings. The first-order valence-corrected chi connectivity index (χ1v) is 12.0. The topological polar surface area (TPSA) is 77.1 Å². The highest BCUT2D eigenvalue weighted by atomic mass is 32.2. The average molecular weight is 473 g/mol. The van der Waals surface area contributed by atoms with Gasteiger partial charge in [-0.3, -0.25) is 9.59 Å². The summed E-state index contributed by atoms with van der Waals surface area (Å²) in [7, 11) is 4.53. The van der Waals surface area contributed by atoms with E-state index in [2.05, 4.69) is 19.2 Å². The Morgan fingerprint density at radius 2 is 1.61 bits per heavy atom. The Morgan fingerprint density at radius 3 is 2.12 bits per heavy atom. The number of methoxy groups -OCH3 is 3. The number of carbonyl (C=O) groups is 2. The number of thioether (sulfide) groups is 1. The average Bonchev–Trinajstić information content (AvgIpc) is 3.28. The molecule has 0 bridgehead atoms. The Bertz CT molecular complexity index is 957. The van der Waals surface area contributed by atoms with Crippen molar-refractivity contribution in [1.29, 1.82) is 0 Å². The fourth-order valence-electron chi connectivity index (χ4n) is 3.67. The van der Waals surface area contributed by atoms with E-state index < -0.39 is 6.04 Å². The van der Waals surface area contributed by atoms with E-state index in [-0.39, 0.29) is 29.1 Å². The minimum atomic E-state index is -0.604. The van der Waals surface area contributed by atoms with Crippen molar-refractivity contribution < 1.29 is 23.8 Å². The Hall–Kier alpha value is -2.87. The number of nitrogens with one attached hydrogen (secondary N) is 1. The molecule has 2 aromatic carbocycles. The molecule has 2 amide bonds. The molecule has 1 heterocycles. The maximum Gasteiger partial charge on any atom is 0.256 e. The quantitative estimate of drug-likeness (QED) is 0.623. The van der Waals surface area contributed by atoms with Crippen LogP contribution in [0.4, 0.5) is 0 Å². The second-order valence-corrected chi connectivity index (χ2v) is 9.39. The van der Waals surface area contributed by atoms with Crippen LogP contribution in [0.2, 0.25) is 0 Å². The highest BCUT2D eigenvalue weighted by molar-refractivity contribution is 7.99. The summed E-state index contributed by atoms with van der Waals surface area (Å²) >= 11 is 1.58. The largest absolute Gasteiger partial charge is 0.493 e. The first kappa shape index (κ1) is 24.8. The van der Waals surface area contributed by atoms with Gasteiger partial charge < -0.3 is 24.4 Å². The summed E-state index contributed by atoms with van der Waals surface area (Å²) in [5.74, 6) is 1.55. The second kappa shape index (κ2) is 10.8. The molecular weight excluding hydrogens is 440 g/mol. The van der Waals surface area contributed by atoms with Crippen LogP contribution in [0.1, 0.15) is 42.1 Å². The van der Waals surface area contributed by atoms with E-state index >= 15 is 0 Å². The number of rotatable bonds is 8. The molecule has 0 spiro atoms. The molecule has 0 aliphatic carbocycles. The lowest BCUT2D eigenvalue weighted by atomic mass is 10.1. The number of carbonyl (C=O) groups excluding carboxylic acids is 2. The first-order chi connectivity index (χ1) is 15.8. The minimum Gasteiger partial charge on any atom is -0.493 e. The lowest BCUT2D eigenvalue weighted by molar-refractivity contribution is -0.125. The zero-order valence-electron chi connectivity index (χ0n) is 20.0. The molecule has 33 heavy (non-hydrogen) atoms. The van der Waals surface area contributed by atoms with Gasteiger partial charge in [0.15, 0.2) is 11.5 Å². The van der Waals surface area contributed by atoms with Crippen molar-refractivity contribution in [3.05, 3.63) is 53.6 Å². The van der Waals surface area contributed by atoms with Gasteiger partial charge in [-0.05, 0) is 30.5 Å². The number of hydrogen-bond donors (Lipinski definition) is 1. The molecule has 1 N–H and O–H groups in total. The van der Waals surface area contributed by atoms with Crippen molar-refractivity contribution in [3.8, 4) is 17.2 Å². The van der Waals surface area contributed by atoms with Gasteiger partial charge in [0.1, 0.15) is 11.4 Å². The van der Waals surface area contributed by atoms with Crippen LogP contribution in [-0.2, 0) is 4.79 Å². The van der Waals surface area contributed by atoms with E-state index in [9.17, 15) is 9.59 Å². The normalized spacial score (nSPS) is 18.7. The lowest BCUT2D eigenvalue weighted by Gasteiger charge is -2.30. The second-order valence-electron chi connectivity index (χ2n) is 8.28. The molecule has 1 aliphatic heterocycles. The molecule has 0 radical (unpaired) electrons. The number of hydrogen-bond acceptors (Lipinski definition) is 6. The van der Waals surface area contributed by atoms with Gasteiger partial charge in [-0.1, -0.05) is 44.2 Å². The maximum absolute atomic E-state index is 13.9. The zero-order valence-corrected chi connectivity index (χ0v) is 20.8. The Labute approximate surface area is 199 Å². The Morgan fingerprint density at radius 1 is 1.00 bits per heavy atom. The lowest BCUT2D eigenvalue weighted by Crippen LogP contribution is -2.50. The Balaban J connectivity index is 2.03. The third-order valence-corrected chi connectivity index (χ3v) is 7.23. The summed E-state index contributed by atoms with van der Waals surface area (Å²) in [5.41, 5.74) is 1.33. The van der Waals surface area contributed by atoms with Crippen LogP contribution in [0.5, 0.6) is 17.2 Å². The molecule has 0 saturated carbocycles. The summed E-state index contributed by atoms with van der Waals surface area (Å²) in [4.78, 5) is 28.8. The highest BCUT2D eigenvalue weighted by Gasteiger charge is 2.43. The van der Waals surface area contributed by atoms with Crippen LogP contribution < -0.4 is 19.5 Å². The Kier molecular flexibility index (Phi) is 8.13. The number of ether oxygens (including phenoxy) is 3. The van der Waals surface area contributed by atoms with Gasteiger partial charge in [0, 0.05) is 17.4 Å².